The standard InChI is InChI=1S/C31H32F2N6O3/c1-2-22-23(33)5-4-19-10-21(40)11-25(26(19)22)39-16-24-27(29(39)41)28(37-13-18(14-37)6-8-34)36-30(35-24)42-17-31-7-3-9-38(31)15-20(32)12-31/h4-5,10-11,18,20,40H,2-3,6-7,9,12-17H2,1H3. The van der Waals surface area contributed by atoms with E-state index in [4.69, 9.17) is 15.0 Å². The number of benzene rings is 2. The van der Waals surface area contributed by atoms with Gasteiger partial charge in [-0.25, -0.2) is 8.78 Å². The Morgan fingerprint density at radius 3 is 2.86 bits per heavy atom. The number of phenols is 1. The predicted molar refractivity (Wildman–Crippen MR) is 152 cm³/mol. The lowest BCUT2D eigenvalue weighted by Gasteiger charge is -2.39. The fourth-order valence-electron chi connectivity index (χ4n) is 7.33. The Morgan fingerprint density at radius 2 is 2.07 bits per heavy atom. The Hall–Kier alpha value is -4.04. The number of nitrogens with zero attached hydrogens (tertiary/aromatic N) is 6. The van der Waals surface area contributed by atoms with E-state index in [1.54, 1.807) is 12.1 Å². The van der Waals surface area contributed by atoms with Gasteiger partial charge in [0.05, 0.1) is 29.5 Å². The van der Waals surface area contributed by atoms with E-state index in [9.17, 15) is 18.7 Å². The summed E-state index contributed by atoms with van der Waals surface area (Å²) in [6.07, 6.45) is 2.19. The number of phenolic OH excluding ortho intramolecular Hbond substituents is 1. The van der Waals surface area contributed by atoms with Crippen LogP contribution in [0.4, 0.5) is 20.3 Å². The molecule has 42 heavy (non-hydrogen) atoms. The fraction of sp³-hybridized carbons (Fsp3) is 0.484. The van der Waals surface area contributed by atoms with Gasteiger partial charge in [0.2, 0.25) is 0 Å². The first-order valence-corrected chi connectivity index (χ1v) is 14.6. The van der Waals surface area contributed by atoms with Crippen molar-refractivity contribution in [3.8, 4) is 17.8 Å². The van der Waals surface area contributed by atoms with E-state index in [2.05, 4.69) is 16.0 Å². The monoisotopic (exact) mass is 574 g/mol. The first-order valence-electron chi connectivity index (χ1n) is 14.6. The van der Waals surface area contributed by atoms with Crippen LogP contribution in [0.1, 0.15) is 54.2 Å². The average Bonchev–Trinajstić information content (AvgIpc) is 3.58. The lowest BCUT2D eigenvalue weighted by Crippen LogP contribution is -2.48. The first kappa shape index (κ1) is 26.8. The number of hydrogen-bond acceptors (Lipinski definition) is 8. The van der Waals surface area contributed by atoms with Gasteiger partial charge in [-0.1, -0.05) is 13.0 Å². The molecule has 2 unspecified atom stereocenters. The normalized spacial score (nSPS) is 23.8. The van der Waals surface area contributed by atoms with Crippen molar-refractivity contribution >= 4 is 28.2 Å². The van der Waals surface area contributed by atoms with Crippen LogP contribution in [0.5, 0.6) is 11.8 Å². The van der Waals surface area contributed by atoms with Crippen LogP contribution in [-0.4, -0.2) is 70.4 Å². The molecule has 2 aromatic carbocycles. The van der Waals surface area contributed by atoms with Crippen molar-refractivity contribution in [3.63, 3.8) is 0 Å². The number of hydrogen-bond donors (Lipinski definition) is 1. The van der Waals surface area contributed by atoms with Gasteiger partial charge in [0.1, 0.15) is 35.7 Å². The van der Waals surface area contributed by atoms with Gasteiger partial charge >= 0.3 is 6.01 Å². The number of nitriles is 1. The molecule has 4 aliphatic rings. The van der Waals surface area contributed by atoms with Crippen molar-refractivity contribution in [2.24, 2.45) is 5.92 Å². The Bertz CT molecular complexity index is 1640. The predicted octanol–water partition coefficient (Wildman–Crippen LogP) is 4.50. The van der Waals surface area contributed by atoms with E-state index in [1.807, 2.05) is 11.8 Å². The summed E-state index contributed by atoms with van der Waals surface area (Å²) in [5, 5.41) is 20.9. The largest absolute Gasteiger partial charge is 0.508 e. The molecule has 5 heterocycles. The van der Waals surface area contributed by atoms with Gasteiger partial charge in [-0.2, -0.15) is 15.2 Å². The molecular formula is C31H32F2N6O3. The van der Waals surface area contributed by atoms with Gasteiger partial charge in [0.25, 0.3) is 5.91 Å². The molecule has 0 aliphatic carbocycles. The van der Waals surface area contributed by atoms with Gasteiger partial charge in [-0.05, 0) is 48.9 Å². The highest BCUT2D eigenvalue weighted by Gasteiger charge is 2.49. The molecule has 0 bridgehead atoms. The minimum Gasteiger partial charge on any atom is -0.508 e. The third-order valence-electron chi connectivity index (χ3n) is 9.36. The van der Waals surface area contributed by atoms with Crippen molar-refractivity contribution in [3.05, 3.63) is 46.9 Å². The summed E-state index contributed by atoms with van der Waals surface area (Å²) in [5.41, 5.74) is 1.31. The number of aromatic nitrogens is 2. The Morgan fingerprint density at radius 1 is 1.24 bits per heavy atom. The third-order valence-corrected chi connectivity index (χ3v) is 9.36. The van der Waals surface area contributed by atoms with E-state index in [-0.39, 0.29) is 48.1 Å². The van der Waals surface area contributed by atoms with Crippen LogP contribution in [-0.2, 0) is 13.0 Å². The number of ether oxygens (including phenoxy) is 1. The van der Waals surface area contributed by atoms with Gasteiger partial charge in [-0.3, -0.25) is 9.69 Å². The Kier molecular flexibility index (Phi) is 6.42. The summed E-state index contributed by atoms with van der Waals surface area (Å²) in [6.45, 7) is 4.61. The molecule has 4 aliphatic heterocycles. The smallest absolute Gasteiger partial charge is 0.318 e. The zero-order valence-electron chi connectivity index (χ0n) is 23.4. The Labute approximate surface area is 242 Å². The molecule has 2 atom stereocenters. The number of halogens is 2. The molecule has 1 aromatic heterocycles. The summed E-state index contributed by atoms with van der Waals surface area (Å²) in [7, 11) is 0. The number of aromatic hydroxyl groups is 1. The average molecular weight is 575 g/mol. The molecule has 7 rings (SSSR count). The molecule has 3 aromatic rings. The topological polar surface area (TPSA) is 106 Å². The van der Waals surface area contributed by atoms with Crippen LogP contribution in [0.3, 0.4) is 0 Å². The highest BCUT2D eigenvalue weighted by atomic mass is 19.1. The lowest BCUT2D eigenvalue weighted by molar-refractivity contribution is 0.0995. The number of aryl methyl sites for hydroxylation is 1. The molecule has 218 valence electrons. The first-order chi connectivity index (χ1) is 20.3. The molecule has 3 fully saturated rings. The second-order valence-electron chi connectivity index (χ2n) is 12.0. The number of rotatable bonds is 7. The lowest BCUT2D eigenvalue weighted by atomic mass is 9.95. The van der Waals surface area contributed by atoms with Gasteiger partial charge < -0.3 is 19.6 Å². The van der Waals surface area contributed by atoms with E-state index in [0.29, 0.717) is 78.0 Å². The zero-order chi connectivity index (χ0) is 29.2. The fourth-order valence-corrected chi connectivity index (χ4v) is 7.33. The maximum absolute atomic E-state index is 14.9. The van der Waals surface area contributed by atoms with Crippen molar-refractivity contribution in [1.29, 1.82) is 5.26 Å². The van der Waals surface area contributed by atoms with Crippen LogP contribution in [0.25, 0.3) is 10.8 Å². The zero-order valence-corrected chi connectivity index (χ0v) is 23.4. The quantitative estimate of drug-likeness (QED) is 0.440. The van der Waals surface area contributed by atoms with Crippen LogP contribution in [0, 0.1) is 23.1 Å². The molecule has 0 spiro atoms. The molecular weight excluding hydrogens is 542 g/mol. The van der Waals surface area contributed by atoms with E-state index >= 15 is 0 Å². The van der Waals surface area contributed by atoms with Crippen molar-refractivity contribution < 1.29 is 23.4 Å². The van der Waals surface area contributed by atoms with Crippen LogP contribution < -0.4 is 14.5 Å². The van der Waals surface area contributed by atoms with Crippen LogP contribution in [0.15, 0.2) is 24.3 Å². The van der Waals surface area contributed by atoms with Crippen molar-refractivity contribution in [2.45, 2.75) is 57.3 Å². The SMILES string of the molecule is CCc1c(F)ccc2cc(O)cc(N3Cc4nc(OCC56CCCN5CC(F)C6)nc(N5CC(CC#N)C5)c4C3=O)c12. The molecule has 1 N–H and O–H groups in total. The van der Waals surface area contributed by atoms with Crippen molar-refractivity contribution in [2.75, 3.05) is 42.6 Å². The maximum Gasteiger partial charge on any atom is 0.318 e. The summed E-state index contributed by atoms with van der Waals surface area (Å²) in [6, 6.07) is 8.37. The number of carbonyl (C=O) groups is 1. The summed E-state index contributed by atoms with van der Waals surface area (Å²) >= 11 is 0. The highest BCUT2D eigenvalue weighted by molar-refractivity contribution is 6.16. The minimum atomic E-state index is -0.885. The minimum absolute atomic E-state index is 0.0320. The number of alkyl halides is 1. The van der Waals surface area contributed by atoms with Crippen LogP contribution >= 0.6 is 0 Å². The van der Waals surface area contributed by atoms with Gasteiger partial charge in [-0.15, -0.1) is 0 Å². The van der Waals surface area contributed by atoms with Crippen molar-refractivity contribution in [1.82, 2.24) is 14.9 Å². The Balaban J connectivity index is 1.27. The number of fused-ring (bicyclic) bond motifs is 3. The van der Waals surface area contributed by atoms with E-state index < -0.39 is 6.17 Å². The van der Waals surface area contributed by atoms with Crippen LogP contribution in [0.2, 0.25) is 0 Å². The molecule has 1 amide bonds. The molecule has 3 saturated heterocycles. The summed E-state index contributed by atoms with van der Waals surface area (Å²) in [4.78, 5) is 29.1. The highest BCUT2D eigenvalue weighted by Crippen LogP contribution is 2.43. The number of carbonyl (C=O) groups excluding carboxylic acids is 1. The molecule has 9 nitrogen and oxygen atoms in total. The second kappa shape index (κ2) is 10.1. The summed E-state index contributed by atoms with van der Waals surface area (Å²) in [5.74, 6) is -0.128. The molecule has 11 heteroatoms. The maximum atomic E-state index is 14.9. The number of amides is 1. The summed E-state index contributed by atoms with van der Waals surface area (Å²) < 4.78 is 35.4. The molecule has 0 saturated carbocycles. The van der Waals surface area contributed by atoms with E-state index in [0.717, 1.165) is 19.4 Å². The van der Waals surface area contributed by atoms with E-state index in [1.165, 1.54) is 17.0 Å². The second-order valence-corrected chi connectivity index (χ2v) is 12.0. The molecule has 0 radical (unpaired) electrons. The van der Waals surface area contributed by atoms with Gasteiger partial charge in [0.15, 0.2) is 0 Å². The third kappa shape index (κ3) is 4.23. The van der Waals surface area contributed by atoms with Gasteiger partial charge in [0, 0.05) is 49.8 Å². The number of anilines is 2.